The van der Waals surface area contributed by atoms with Crippen LogP contribution in [0.2, 0.25) is 5.15 Å². The lowest BCUT2D eigenvalue weighted by molar-refractivity contribution is 0.150. The van der Waals surface area contributed by atoms with E-state index in [1.807, 2.05) is 0 Å². The van der Waals surface area contributed by atoms with E-state index in [4.69, 9.17) is 16.3 Å². The quantitative estimate of drug-likeness (QED) is 0.803. The van der Waals surface area contributed by atoms with Crippen LogP contribution in [0.5, 0.6) is 6.01 Å². The maximum absolute atomic E-state index is 13.5. The smallest absolute Gasteiger partial charge is 0.318 e. The Morgan fingerprint density at radius 2 is 2.05 bits per heavy atom. The summed E-state index contributed by atoms with van der Waals surface area (Å²) in [5, 5.41) is 0.193. The summed E-state index contributed by atoms with van der Waals surface area (Å²) in [7, 11) is 0. The second kappa shape index (κ2) is 5.88. The van der Waals surface area contributed by atoms with Crippen LogP contribution in [-0.2, 0) is 6.61 Å². The van der Waals surface area contributed by atoms with Gasteiger partial charge >= 0.3 is 6.01 Å². The van der Waals surface area contributed by atoms with Gasteiger partial charge in [-0.25, -0.2) is 18.2 Å². The fourth-order valence-corrected chi connectivity index (χ4v) is 1.48. The monoisotopic (exact) mass is 288 g/mol. The van der Waals surface area contributed by atoms with Crippen LogP contribution >= 0.6 is 11.6 Å². The van der Waals surface area contributed by atoms with E-state index in [1.54, 1.807) is 0 Å². The van der Waals surface area contributed by atoms with Crippen molar-refractivity contribution in [2.24, 2.45) is 0 Å². The summed E-state index contributed by atoms with van der Waals surface area (Å²) in [6, 6.07) is 4.62. The second-order valence-electron chi connectivity index (χ2n) is 3.60. The summed E-state index contributed by atoms with van der Waals surface area (Å²) < 4.78 is 43.3. The molecule has 1 aromatic carbocycles. The topological polar surface area (TPSA) is 35.0 Å². The third-order valence-electron chi connectivity index (χ3n) is 2.29. The summed E-state index contributed by atoms with van der Waals surface area (Å²) in [5.41, 5.74) is -0.242. The Labute approximate surface area is 112 Å². The molecule has 0 radical (unpaired) electrons. The number of nitrogens with zero attached hydrogens (tertiary/aromatic N) is 2. The number of benzene rings is 1. The van der Waals surface area contributed by atoms with Crippen LogP contribution < -0.4 is 4.74 Å². The zero-order valence-corrected chi connectivity index (χ0v) is 10.2. The first kappa shape index (κ1) is 13.6. The van der Waals surface area contributed by atoms with E-state index < -0.39 is 12.2 Å². The molecule has 0 aliphatic rings. The van der Waals surface area contributed by atoms with Gasteiger partial charge in [0.1, 0.15) is 17.6 Å². The lowest BCUT2D eigenvalue weighted by Crippen LogP contribution is -2.02. The van der Waals surface area contributed by atoms with E-state index in [0.717, 1.165) is 12.1 Å². The number of halogens is 4. The molecule has 3 nitrogen and oxygen atoms in total. The van der Waals surface area contributed by atoms with Gasteiger partial charge in [0.2, 0.25) is 0 Å². The SMILES string of the molecule is Fc1cc(C(F)F)ccc1COc1nccc(Cl)n1. The Kier molecular flexibility index (Phi) is 4.21. The van der Waals surface area contributed by atoms with Gasteiger partial charge in [0.15, 0.2) is 0 Å². The molecule has 100 valence electrons. The number of ether oxygens (including phenoxy) is 1. The average molecular weight is 289 g/mol. The van der Waals surface area contributed by atoms with Gasteiger partial charge in [-0.2, -0.15) is 4.98 Å². The van der Waals surface area contributed by atoms with Crippen LogP contribution in [0.1, 0.15) is 17.6 Å². The Balaban J connectivity index is 2.07. The lowest BCUT2D eigenvalue weighted by Gasteiger charge is -2.07. The lowest BCUT2D eigenvalue weighted by atomic mass is 10.1. The number of rotatable bonds is 4. The maximum Gasteiger partial charge on any atom is 0.318 e. The van der Waals surface area contributed by atoms with Crippen molar-refractivity contribution in [3.63, 3.8) is 0 Å². The van der Waals surface area contributed by atoms with E-state index in [-0.39, 0.29) is 28.9 Å². The summed E-state index contributed by atoms with van der Waals surface area (Å²) in [6.45, 7) is -0.171. The van der Waals surface area contributed by atoms with Gasteiger partial charge in [-0.1, -0.05) is 23.7 Å². The fraction of sp³-hybridized carbons (Fsp3) is 0.167. The van der Waals surface area contributed by atoms with Crippen molar-refractivity contribution in [1.29, 1.82) is 0 Å². The molecule has 19 heavy (non-hydrogen) atoms. The summed E-state index contributed by atoms with van der Waals surface area (Å²) in [6.07, 6.45) is -1.32. The number of hydrogen-bond acceptors (Lipinski definition) is 3. The molecule has 2 aromatic rings. The van der Waals surface area contributed by atoms with Gasteiger partial charge in [0.25, 0.3) is 6.43 Å². The molecule has 0 saturated heterocycles. The highest BCUT2D eigenvalue weighted by atomic mass is 35.5. The molecule has 0 N–H and O–H groups in total. The zero-order chi connectivity index (χ0) is 13.8. The standard InChI is InChI=1S/C12H8ClF3N2O/c13-10-3-4-17-12(18-10)19-6-8-2-1-7(11(15)16)5-9(8)14/h1-5,11H,6H2. The Morgan fingerprint density at radius 1 is 1.26 bits per heavy atom. The molecule has 1 aromatic heterocycles. The molecule has 0 spiro atoms. The van der Waals surface area contributed by atoms with Crippen molar-refractivity contribution in [3.05, 3.63) is 52.6 Å². The number of alkyl halides is 2. The van der Waals surface area contributed by atoms with E-state index in [0.29, 0.717) is 0 Å². The molecule has 7 heteroatoms. The molecule has 0 aliphatic heterocycles. The maximum atomic E-state index is 13.5. The van der Waals surface area contributed by atoms with Crippen LogP contribution in [-0.4, -0.2) is 9.97 Å². The molecule has 1 heterocycles. The molecular formula is C12H8ClF3N2O. The number of aromatic nitrogens is 2. The second-order valence-corrected chi connectivity index (χ2v) is 3.99. The first-order valence-electron chi connectivity index (χ1n) is 5.24. The van der Waals surface area contributed by atoms with E-state index >= 15 is 0 Å². The van der Waals surface area contributed by atoms with Crippen molar-refractivity contribution < 1.29 is 17.9 Å². The van der Waals surface area contributed by atoms with Crippen molar-refractivity contribution in [3.8, 4) is 6.01 Å². The molecule has 0 aliphatic carbocycles. The first-order chi connectivity index (χ1) is 9.06. The average Bonchev–Trinajstić information content (AvgIpc) is 2.37. The first-order valence-corrected chi connectivity index (χ1v) is 5.62. The van der Waals surface area contributed by atoms with Crippen molar-refractivity contribution >= 4 is 11.6 Å². The van der Waals surface area contributed by atoms with Gasteiger partial charge in [0, 0.05) is 17.3 Å². The van der Waals surface area contributed by atoms with E-state index in [9.17, 15) is 13.2 Å². The third-order valence-corrected chi connectivity index (χ3v) is 2.50. The van der Waals surface area contributed by atoms with Crippen molar-refractivity contribution in [2.45, 2.75) is 13.0 Å². The molecule has 2 rings (SSSR count). The summed E-state index contributed by atoms with van der Waals surface area (Å²) in [5.74, 6) is -0.764. The highest BCUT2D eigenvalue weighted by Gasteiger charge is 2.11. The number of hydrogen-bond donors (Lipinski definition) is 0. The molecule has 0 fully saturated rings. The van der Waals surface area contributed by atoms with Crippen LogP contribution in [0, 0.1) is 5.82 Å². The van der Waals surface area contributed by atoms with E-state index in [1.165, 1.54) is 18.3 Å². The van der Waals surface area contributed by atoms with E-state index in [2.05, 4.69) is 9.97 Å². The minimum absolute atomic E-state index is 0.00941. The molecule has 0 amide bonds. The Morgan fingerprint density at radius 3 is 2.68 bits per heavy atom. The Hall–Kier alpha value is -1.82. The van der Waals surface area contributed by atoms with Crippen molar-refractivity contribution in [2.75, 3.05) is 0 Å². The predicted octanol–water partition coefficient (Wildman–Crippen LogP) is 3.79. The Bertz CT molecular complexity index is 581. The predicted molar refractivity (Wildman–Crippen MR) is 62.7 cm³/mol. The molecule has 0 bridgehead atoms. The molecule has 0 atom stereocenters. The van der Waals surface area contributed by atoms with Crippen LogP contribution in [0.25, 0.3) is 0 Å². The summed E-state index contributed by atoms with van der Waals surface area (Å²) >= 11 is 5.62. The van der Waals surface area contributed by atoms with Crippen molar-refractivity contribution in [1.82, 2.24) is 9.97 Å². The highest BCUT2D eigenvalue weighted by Crippen LogP contribution is 2.21. The van der Waals surface area contributed by atoms with Crippen LogP contribution in [0.3, 0.4) is 0 Å². The minimum Gasteiger partial charge on any atom is -0.458 e. The van der Waals surface area contributed by atoms with Gasteiger partial charge in [-0.05, 0) is 12.1 Å². The van der Waals surface area contributed by atoms with Gasteiger partial charge in [-0.15, -0.1) is 0 Å². The van der Waals surface area contributed by atoms with Gasteiger partial charge < -0.3 is 4.74 Å². The molecule has 0 saturated carbocycles. The molecule has 0 unspecified atom stereocenters. The van der Waals surface area contributed by atoms with Gasteiger partial charge in [0.05, 0.1) is 0 Å². The van der Waals surface area contributed by atoms with Crippen LogP contribution in [0.4, 0.5) is 13.2 Å². The highest BCUT2D eigenvalue weighted by molar-refractivity contribution is 6.29. The summed E-state index contributed by atoms with van der Waals surface area (Å²) in [4.78, 5) is 7.52. The fourth-order valence-electron chi connectivity index (χ4n) is 1.35. The largest absolute Gasteiger partial charge is 0.458 e. The minimum atomic E-state index is -2.71. The zero-order valence-electron chi connectivity index (χ0n) is 9.49. The van der Waals surface area contributed by atoms with Crippen LogP contribution in [0.15, 0.2) is 30.5 Å². The third kappa shape index (κ3) is 3.57. The van der Waals surface area contributed by atoms with Gasteiger partial charge in [-0.3, -0.25) is 0 Å². The molecular weight excluding hydrogens is 281 g/mol. The normalized spacial score (nSPS) is 10.8.